The van der Waals surface area contributed by atoms with E-state index >= 15 is 0 Å². The molecule has 0 radical (unpaired) electrons. The molecule has 1 aliphatic carbocycles. The molecule has 1 aromatic heterocycles. The monoisotopic (exact) mass is 346 g/mol. The normalized spacial score (nSPS) is 27.2. The smallest absolute Gasteiger partial charge is 0.222 e. The fourth-order valence-corrected chi connectivity index (χ4v) is 4.95. The van der Waals surface area contributed by atoms with E-state index in [1.165, 1.54) is 17.7 Å². The molecule has 0 unspecified atom stereocenters. The standard InChI is InChI=1S/C19H26N2O2S/c22-18-6-5-15-13-20(19(23)12-14-3-4-14)9-8-17(15)21(18)10-7-16-2-1-11-24-16/h1-2,11,14-15,17H,3-10,12-13H2/t15-,17+/m0/s1. The Morgan fingerprint density at radius 2 is 2.12 bits per heavy atom. The van der Waals surface area contributed by atoms with Crippen molar-refractivity contribution < 1.29 is 9.59 Å². The van der Waals surface area contributed by atoms with Crippen LogP contribution in [0.1, 0.15) is 43.4 Å². The predicted octanol–water partition coefficient (Wildman–Crippen LogP) is 2.93. The van der Waals surface area contributed by atoms with Crippen molar-refractivity contribution in [3.8, 4) is 0 Å². The van der Waals surface area contributed by atoms with Crippen LogP contribution in [0, 0.1) is 11.8 Å². The second-order valence-corrected chi connectivity index (χ2v) is 8.59. The molecule has 2 amide bonds. The molecular formula is C19H26N2O2S. The van der Waals surface area contributed by atoms with Gasteiger partial charge in [-0.25, -0.2) is 0 Å². The molecule has 0 bridgehead atoms. The fraction of sp³-hybridized carbons (Fsp3) is 0.684. The van der Waals surface area contributed by atoms with Gasteiger partial charge in [0.25, 0.3) is 0 Å². The number of nitrogens with zero attached hydrogens (tertiary/aromatic N) is 2. The summed E-state index contributed by atoms with van der Waals surface area (Å²) >= 11 is 1.77. The maximum absolute atomic E-state index is 12.4. The SMILES string of the molecule is O=C(CC1CC1)N1CC[C@@H]2[C@@H](CCC(=O)N2CCc2cccs2)C1. The van der Waals surface area contributed by atoms with E-state index in [4.69, 9.17) is 0 Å². The molecule has 5 heteroatoms. The number of carbonyl (C=O) groups excluding carboxylic acids is 2. The van der Waals surface area contributed by atoms with Gasteiger partial charge in [0.15, 0.2) is 0 Å². The minimum atomic E-state index is 0.311. The quantitative estimate of drug-likeness (QED) is 0.822. The summed E-state index contributed by atoms with van der Waals surface area (Å²) in [5.74, 6) is 1.79. The Morgan fingerprint density at radius 1 is 1.25 bits per heavy atom. The molecule has 0 spiro atoms. The van der Waals surface area contributed by atoms with Gasteiger partial charge >= 0.3 is 0 Å². The molecule has 0 N–H and O–H groups in total. The topological polar surface area (TPSA) is 40.6 Å². The summed E-state index contributed by atoms with van der Waals surface area (Å²) in [6.45, 7) is 2.52. The lowest BCUT2D eigenvalue weighted by atomic mass is 9.83. The summed E-state index contributed by atoms with van der Waals surface area (Å²) in [5, 5.41) is 2.10. The van der Waals surface area contributed by atoms with Gasteiger partial charge in [-0.1, -0.05) is 6.07 Å². The van der Waals surface area contributed by atoms with Crippen molar-refractivity contribution in [2.75, 3.05) is 19.6 Å². The molecule has 4 rings (SSSR count). The fourth-order valence-electron chi connectivity index (χ4n) is 4.25. The minimum Gasteiger partial charge on any atom is -0.342 e. The Kier molecular flexibility index (Phi) is 4.61. The molecule has 3 aliphatic rings. The van der Waals surface area contributed by atoms with Crippen molar-refractivity contribution in [2.24, 2.45) is 11.8 Å². The number of hydrogen-bond acceptors (Lipinski definition) is 3. The first kappa shape index (κ1) is 16.1. The summed E-state index contributed by atoms with van der Waals surface area (Å²) in [6.07, 6.45) is 6.72. The second-order valence-electron chi connectivity index (χ2n) is 7.56. The van der Waals surface area contributed by atoms with Crippen molar-refractivity contribution in [3.05, 3.63) is 22.4 Å². The third-order valence-electron chi connectivity index (χ3n) is 5.84. The molecule has 2 atom stereocenters. The predicted molar refractivity (Wildman–Crippen MR) is 94.8 cm³/mol. The van der Waals surface area contributed by atoms with Crippen LogP contribution >= 0.6 is 11.3 Å². The maximum atomic E-state index is 12.4. The number of thiophene rings is 1. The molecule has 130 valence electrons. The van der Waals surface area contributed by atoms with Gasteiger partial charge in [-0.15, -0.1) is 11.3 Å². The summed E-state index contributed by atoms with van der Waals surface area (Å²) in [4.78, 5) is 30.4. The van der Waals surface area contributed by atoms with Crippen LogP contribution < -0.4 is 0 Å². The number of carbonyl (C=O) groups is 2. The highest BCUT2D eigenvalue weighted by molar-refractivity contribution is 7.09. The first-order valence-electron chi connectivity index (χ1n) is 9.30. The van der Waals surface area contributed by atoms with E-state index in [-0.39, 0.29) is 0 Å². The van der Waals surface area contributed by atoms with E-state index in [9.17, 15) is 9.59 Å². The van der Waals surface area contributed by atoms with Crippen LogP contribution in [-0.2, 0) is 16.0 Å². The van der Waals surface area contributed by atoms with Crippen molar-refractivity contribution in [1.82, 2.24) is 9.80 Å². The second kappa shape index (κ2) is 6.87. The van der Waals surface area contributed by atoms with Crippen LogP contribution in [0.2, 0.25) is 0 Å². The summed E-state index contributed by atoms with van der Waals surface area (Å²) < 4.78 is 0. The number of hydrogen-bond donors (Lipinski definition) is 0. The zero-order valence-electron chi connectivity index (χ0n) is 14.2. The molecule has 1 aromatic rings. The first-order chi connectivity index (χ1) is 11.7. The van der Waals surface area contributed by atoms with Crippen molar-refractivity contribution in [2.45, 2.75) is 51.0 Å². The van der Waals surface area contributed by atoms with Crippen LogP contribution in [0.25, 0.3) is 0 Å². The molecule has 4 nitrogen and oxygen atoms in total. The minimum absolute atomic E-state index is 0.311. The Hall–Kier alpha value is -1.36. The zero-order valence-corrected chi connectivity index (χ0v) is 15.0. The molecule has 24 heavy (non-hydrogen) atoms. The zero-order chi connectivity index (χ0) is 16.5. The molecular weight excluding hydrogens is 320 g/mol. The van der Waals surface area contributed by atoms with Gasteiger partial charge in [0.1, 0.15) is 0 Å². The van der Waals surface area contributed by atoms with E-state index in [1.807, 2.05) is 0 Å². The van der Waals surface area contributed by atoms with Gasteiger partial charge in [-0.3, -0.25) is 9.59 Å². The first-order valence-corrected chi connectivity index (χ1v) is 10.2. The van der Waals surface area contributed by atoms with Gasteiger partial charge in [-0.05, 0) is 55.4 Å². The molecule has 3 fully saturated rings. The number of likely N-dealkylation sites (tertiary alicyclic amines) is 2. The Labute approximate surface area is 147 Å². The Bertz CT molecular complexity index is 597. The highest BCUT2D eigenvalue weighted by atomic mass is 32.1. The number of rotatable bonds is 5. The Morgan fingerprint density at radius 3 is 2.88 bits per heavy atom. The number of fused-ring (bicyclic) bond motifs is 1. The van der Waals surface area contributed by atoms with E-state index in [0.29, 0.717) is 36.1 Å². The van der Waals surface area contributed by atoms with Crippen LogP contribution in [-0.4, -0.2) is 47.3 Å². The van der Waals surface area contributed by atoms with Crippen LogP contribution in [0.15, 0.2) is 17.5 Å². The van der Waals surface area contributed by atoms with Gasteiger partial charge in [-0.2, -0.15) is 0 Å². The van der Waals surface area contributed by atoms with Gasteiger partial charge in [0.05, 0.1) is 0 Å². The molecule has 2 aliphatic heterocycles. The maximum Gasteiger partial charge on any atom is 0.222 e. The van der Waals surface area contributed by atoms with Crippen molar-refractivity contribution in [1.29, 1.82) is 0 Å². The summed E-state index contributed by atoms with van der Waals surface area (Å²) in [7, 11) is 0. The lowest BCUT2D eigenvalue weighted by Gasteiger charge is -2.47. The largest absolute Gasteiger partial charge is 0.342 e. The highest BCUT2D eigenvalue weighted by Crippen LogP contribution is 2.35. The number of piperidine rings is 2. The van der Waals surface area contributed by atoms with E-state index in [1.54, 1.807) is 11.3 Å². The molecule has 3 heterocycles. The lowest BCUT2D eigenvalue weighted by Crippen LogP contribution is -2.57. The summed E-state index contributed by atoms with van der Waals surface area (Å²) in [6, 6.07) is 4.57. The summed E-state index contributed by atoms with van der Waals surface area (Å²) in [5.41, 5.74) is 0. The van der Waals surface area contributed by atoms with Crippen LogP contribution in [0.5, 0.6) is 0 Å². The van der Waals surface area contributed by atoms with Gasteiger partial charge < -0.3 is 9.80 Å². The van der Waals surface area contributed by atoms with Crippen LogP contribution in [0.3, 0.4) is 0 Å². The average molecular weight is 346 g/mol. The highest BCUT2D eigenvalue weighted by Gasteiger charge is 2.40. The molecule has 0 aromatic carbocycles. The van der Waals surface area contributed by atoms with E-state index in [0.717, 1.165) is 45.3 Å². The van der Waals surface area contributed by atoms with Crippen molar-refractivity contribution in [3.63, 3.8) is 0 Å². The van der Waals surface area contributed by atoms with Gasteiger partial charge in [0.2, 0.25) is 11.8 Å². The van der Waals surface area contributed by atoms with E-state index in [2.05, 4.69) is 27.3 Å². The lowest BCUT2D eigenvalue weighted by molar-refractivity contribution is -0.144. The van der Waals surface area contributed by atoms with E-state index < -0.39 is 0 Å². The third-order valence-corrected chi connectivity index (χ3v) is 6.77. The van der Waals surface area contributed by atoms with Crippen LogP contribution in [0.4, 0.5) is 0 Å². The number of amides is 2. The van der Waals surface area contributed by atoms with Gasteiger partial charge in [0, 0.05) is 43.4 Å². The van der Waals surface area contributed by atoms with Crippen molar-refractivity contribution >= 4 is 23.2 Å². The molecule has 2 saturated heterocycles. The average Bonchev–Trinajstić information content (AvgIpc) is 3.25. The molecule has 1 saturated carbocycles. The Balaban J connectivity index is 1.36. The third kappa shape index (κ3) is 3.51.